The number of carbonyl (C=O) groups is 1. The average Bonchev–Trinajstić information content (AvgIpc) is 3.30. The first-order valence-electron chi connectivity index (χ1n) is 9.87. The highest BCUT2D eigenvalue weighted by atomic mass is 16.1. The zero-order valence-corrected chi connectivity index (χ0v) is 16.7. The third-order valence-electron chi connectivity index (χ3n) is 5.39. The van der Waals surface area contributed by atoms with Gasteiger partial charge in [-0.2, -0.15) is 0 Å². The Morgan fingerprint density at radius 2 is 1.76 bits per heavy atom. The number of aromatic nitrogens is 4. The number of benzene rings is 2. The first-order valence-corrected chi connectivity index (χ1v) is 9.87. The topological polar surface area (TPSA) is 79.2 Å². The van der Waals surface area contributed by atoms with Crippen LogP contribution >= 0.6 is 0 Å². The minimum Gasteiger partial charge on any atom is -0.369 e. The van der Waals surface area contributed by atoms with Gasteiger partial charge in [0.25, 0.3) is 5.91 Å². The zero-order chi connectivity index (χ0) is 20.2. The molecule has 0 bridgehead atoms. The Morgan fingerprint density at radius 3 is 2.38 bits per heavy atom. The minimum atomic E-state index is -0.138. The summed E-state index contributed by atoms with van der Waals surface area (Å²) in [6.07, 6.45) is 1.52. The molecule has 1 aromatic heterocycles. The van der Waals surface area contributed by atoms with Crippen molar-refractivity contribution in [2.45, 2.75) is 13.8 Å². The van der Waals surface area contributed by atoms with Gasteiger partial charge < -0.3 is 15.1 Å². The molecule has 1 fully saturated rings. The SMILES string of the molecule is CCN1CCN(c2ccc(NC(=O)c3ccc(-n4cnnn4)cc3)c(C)c2)CC1. The molecule has 1 amide bonds. The number of likely N-dealkylation sites (N-methyl/N-ethyl adjacent to an activating group) is 1. The molecule has 0 saturated carbocycles. The fourth-order valence-corrected chi connectivity index (χ4v) is 3.55. The molecular formula is C21H25N7O. The van der Waals surface area contributed by atoms with Crippen LogP contribution < -0.4 is 10.2 Å². The van der Waals surface area contributed by atoms with Gasteiger partial charge >= 0.3 is 0 Å². The number of aryl methyl sites for hydroxylation is 1. The van der Waals surface area contributed by atoms with Crippen molar-refractivity contribution in [3.05, 3.63) is 59.9 Å². The smallest absolute Gasteiger partial charge is 0.255 e. The molecule has 8 nitrogen and oxygen atoms in total. The van der Waals surface area contributed by atoms with E-state index in [4.69, 9.17) is 0 Å². The Kier molecular flexibility index (Phi) is 5.53. The largest absolute Gasteiger partial charge is 0.369 e. The van der Waals surface area contributed by atoms with Crippen LogP contribution in [0.25, 0.3) is 5.69 Å². The van der Waals surface area contributed by atoms with Crippen LogP contribution in [-0.2, 0) is 0 Å². The molecule has 1 saturated heterocycles. The van der Waals surface area contributed by atoms with Crippen molar-refractivity contribution in [1.29, 1.82) is 0 Å². The van der Waals surface area contributed by atoms with E-state index in [9.17, 15) is 4.79 Å². The summed E-state index contributed by atoms with van der Waals surface area (Å²) in [6.45, 7) is 9.59. The van der Waals surface area contributed by atoms with E-state index in [1.54, 1.807) is 16.8 Å². The highest BCUT2D eigenvalue weighted by molar-refractivity contribution is 6.04. The van der Waals surface area contributed by atoms with E-state index in [1.807, 2.05) is 25.1 Å². The van der Waals surface area contributed by atoms with Crippen molar-refractivity contribution in [3.8, 4) is 5.69 Å². The van der Waals surface area contributed by atoms with Gasteiger partial charge in [-0.15, -0.1) is 5.10 Å². The fourth-order valence-electron chi connectivity index (χ4n) is 3.55. The van der Waals surface area contributed by atoms with Crippen molar-refractivity contribution >= 4 is 17.3 Å². The molecule has 1 N–H and O–H groups in total. The van der Waals surface area contributed by atoms with E-state index in [-0.39, 0.29) is 5.91 Å². The molecule has 8 heteroatoms. The third kappa shape index (κ3) is 4.27. The van der Waals surface area contributed by atoms with Crippen molar-refractivity contribution in [3.63, 3.8) is 0 Å². The lowest BCUT2D eigenvalue weighted by Gasteiger charge is -2.35. The molecule has 3 aromatic rings. The van der Waals surface area contributed by atoms with Gasteiger partial charge in [-0.3, -0.25) is 4.79 Å². The first kappa shape index (κ1) is 19.1. The monoisotopic (exact) mass is 391 g/mol. The van der Waals surface area contributed by atoms with Crippen LogP contribution in [0.4, 0.5) is 11.4 Å². The summed E-state index contributed by atoms with van der Waals surface area (Å²) >= 11 is 0. The number of hydrogen-bond donors (Lipinski definition) is 1. The molecule has 4 rings (SSSR count). The van der Waals surface area contributed by atoms with Crippen molar-refractivity contribution in [2.24, 2.45) is 0 Å². The number of piperazine rings is 1. The van der Waals surface area contributed by atoms with Crippen LogP contribution in [0.15, 0.2) is 48.8 Å². The molecular weight excluding hydrogens is 366 g/mol. The number of carbonyl (C=O) groups excluding carboxylic acids is 1. The highest BCUT2D eigenvalue weighted by Gasteiger charge is 2.17. The number of nitrogens with one attached hydrogen (secondary N) is 1. The quantitative estimate of drug-likeness (QED) is 0.719. The number of rotatable bonds is 5. The number of amides is 1. The summed E-state index contributed by atoms with van der Waals surface area (Å²) in [4.78, 5) is 17.5. The Hall–Kier alpha value is -3.26. The van der Waals surface area contributed by atoms with E-state index >= 15 is 0 Å². The summed E-state index contributed by atoms with van der Waals surface area (Å²) in [6, 6.07) is 13.4. The molecule has 0 aliphatic carbocycles. The normalized spacial score (nSPS) is 14.8. The average molecular weight is 391 g/mol. The molecule has 0 spiro atoms. The summed E-state index contributed by atoms with van der Waals surface area (Å²) in [7, 11) is 0. The maximum absolute atomic E-state index is 12.6. The molecule has 0 unspecified atom stereocenters. The van der Waals surface area contributed by atoms with Crippen molar-refractivity contribution < 1.29 is 4.79 Å². The van der Waals surface area contributed by atoms with E-state index in [2.05, 4.69) is 49.7 Å². The van der Waals surface area contributed by atoms with Crippen LogP contribution in [0, 0.1) is 6.92 Å². The summed E-state index contributed by atoms with van der Waals surface area (Å²) in [5.41, 5.74) is 4.48. The molecule has 0 radical (unpaired) electrons. The Bertz CT molecular complexity index is 961. The number of hydrogen-bond acceptors (Lipinski definition) is 6. The van der Waals surface area contributed by atoms with E-state index in [0.717, 1.165) is 49.7 Å². The predicted octanol–water partition coefficient (Wildman–Crippen LogP) is 2.36. The van der Waals surface area contributed by atoms with Gasteiger partial charge in [-0.1, -0.05) is 6.92 Å². The molecule has 1 aliphatic rings. The van der Waals surface area contributed by atoms with Crippen molar-refractivity contribution in [1.82, 2.24) is 25.1 Å². The molecule has 150 valence electrons. The fraction of sp³-hybridized carbons (Fsp3) is 0.333. The Labute approximate surface area is 170 Å². The van der Waals surface area contributed by atoms with Gasteiger partial charge in [-0.05, 0) is 71.9 Å². The van der Waals surface area contributed by atoms with Crippen LogP contribution in [0.5, 0.6) is 0 Å². The van der Waals surface area contributed by atoms with Gasteiger partial charge in [0, 0.05) is 43.1 Å². The summed E-state index contributed by atoms with van der Waals surface area (Å²) in [5, 5.41) is 14.1. The van der Waals surface area contributed by atoms with E-state index in [0.29, 0.717) is 5.56 Å². The lowest BCUT2D eigenvalue weighted by atomic mass is 10.1. The third-order valence-corrected chi connectivity index (χ3v) is 5.39. The second kappa shape index (κ2) is 8.40. The van der Waals surface area contributed by atoms with Crippen LogP contribution in [0.1, 0.15) is 22.8 Å². The number of anilines is 2. The molecule has 0 atom stereocenters. The van der Waals surface area contributed by atoms with Crippen LogP contribution in [0.3, 0.4) is 0 Å². The van der Waals surface area contributed by atoms with Crippen LogP contribution in [0.2, 0.25) is 0 Å². The maximum atomic E-state index is 12.6. The van der Waals surface area contributed by atoms with Gasteiger partial charge in [0.1, 0.15) is 6.33 Å². The van der Waals surface area contributed by atoms with Gasteiger partial charge in [-0.25, -0.2) is 4.68 Å². The van der Waals surface area contributed by atoms with E-state index in [1.165, 1.54) is 12.0 Å². The summed E-state index contributed by atoms with van der Waals surface area (Å²) in [5.74, 6) is -0.138. The molecule has 29 heavy (non-hydrogen) atoms. The van der Waals surface area contributed by atoms with Crippen molar-refractivity contribution in [2.75, 3.05) is 42.9 Å². The standard InChI is InChI=1S/C21H25N7O/c1-3-26-10-12-27(13-11-26)19-8-9-20(16(2)14-19)23-21(29)17-4-6-18(7-5-17)28-15-22-24-25-28/h4-9,14-15H,3,10-13H2,1-2H3,(H,23,29). The number of tetrazole rings is 1. The minimum absolute atomic E-state index is 0.138. The van der Waals surface area contributed by atoms with Gasteiger partial charge in [0.05, 0.1) is 5.69 Å². The molecule has 1 aliphatic heterocycles. The summed E-state index contributed by atoms with van der Waals surface area (Å²) < 4.78 is 1.55. The lowest BCUT2D eigenvalue weighted by Crippen LogP contribution is -2.46. The van der Waals surface area contributed by atoms with E-state index < -0.39 is 0 Å². The maximum Gasteiger partial charge on any atom is 0.255 e. The first-order chi connectivity index (χ1) is 14.1. The predicted molar refractivity (Wildman–Crippen MR) is 113 cm³/mol. The van der Waals surface area contributed by atoms with Gasteiger partial charge in [0.2, 0.25) is 0 Å². The Balaban J connectivity index is 1.42. The van der Waals surface area contributed by atoms with Gasteiger partial charge in [0.15, 0.2) is 0 Å². The second-order valence-electron chi connectivity index (χ2n) is 7.18. The zero-order valence-electron chi connectivity index (χ0n) is 16.7. The molecule has 2 heterocycles. The van der Waals surface area contributed by atoms with Crippen LogP contribution in [-0.4, -0.2) is 63.7 Å². The second-order valence-corrected chi connectivity index (χ2v) is 7.18. The lowest BCUT2D eigenvalue weighted by molar-refractivity contribution is 0.102. The highest BCUT2D eigenvalue weighted by Crippen LogP contribution is 2.24. The molecule has 2 aromatic carbocycles. The Morgan fingerprint density at radius 1 is 1.03 bits per heavy atom. The number of nitrogens with zero attached hydrogens (tertiary/aromatic N) is 6.